The Kier molecular flexibility index (Phi) is 5.83. The van der Waals surface area contributed by atoms with E-state index in [-0.39, 0.29) is 5.91 Å². The Balaban J connectivity index is 2.27. The predicted octanol–water partition coefficient (Wildman–Crippen LogP) is 3.71. The number of methoxy groups -OCH3 is 1. The highest BCUT2D eigenvalue weighted by atomic mass is 79.9. The molecule has 1 N–H and O–H groups in total. The van der Waals surface area contributed by atoms with Gasteiger partial charge in [-0.25, -0.2) is 4.79 Å². The summed E-state index contributed by atoms with van der Waals surface area (Å²) in [6.07, 6.45) is 0.620. The maximum absolute atomic E-state index is 12.8. The number of hydrogen-bond acceptors (Lipinski definition) is 3. The van der Waals surface area contributed by atoms with Crippen molar-refractivity contribution in [1.82, 2.24) is 9.88 Å². The molecule has 5 nitrogen and oxygen atoms in total. The molecule has 24 heavy (non-hydrogen) atoms. The molecule has 1 amide bonds. The van der Waals surface area contributed by atoms with Gasteiger partial charge in [0.15, 0.2) is 0 Å². The molecule has 0 bridgehead atoms. The summed E-state index contributed by atoms with van der Waals surface area (Å²) in [5.74, 6) is -0.574. The fourth-order valence-corrected chi connectivity index (χ4v) is 2.91. The van der Waals surface area contributed by atoms with E-state index in [4.69, 9.17) is 4.74 Å². The van der Waals surface area contributed by atoms with Crippen LogP contribution < -0.4 is 0 Å². The van der Waals surface area contributed by atoms with E-state index in [0.717, 1.165) is 15.7 Å². The zero-order chi connectivity index (χ0) is 17.9. The molecule has 0 unspecified atom stereocenters. The van der Waals surface area contributed by atoms with Crippen LogP contribution >= 0.6 is 15.9 Å². The molecule has 0 aliphatic carbocycles. The van der Waals surface area contributed by atoms with Crippen molar-refractivity contribution in [1.29, 1.82) is 0 Å². The molecule has 0 saturated carbocycles. The van der Waals surface area contributed by atoms with Crippen LogP contribution in [-0.2, 0) is 17.7 Å². The Morgan fingerprint density at radius 1 is 1.25 bits per heavy atom. The smallest absolute Gasteiger partial charge is 0.339 e. The lowest BCUT2D eigenvalue weighted by molar-refractivity contribution is 0.0599. The summed E-state index contributed by atoms with van der Waals surface area (Å²) in [4.78, 5) is 29.5. The summed E-state index contributed by atoms with van der Waals surface area (Å²) < 4.78 is 5.83. The number of ether oxygens (including phenoxy) is 1. The fraction of sp³-hybridized carbons (Fsp3) is 0.333. The van der Waals surface area contributed by atoms with E-state index in [0.29, 0.717) is 29.8 Å². The largest absolute Gasteiger partial charge is 0.465 e. The van der Waals surface area contributed by atoms with Gasteiger partial charge in [-0.3, -0.25) is 4.79 Å². The third-order valence-electron chi connectivity index (χ3n) is 3.96. The van der Waals surface area contributed by atoms with E-state index in [1.54, 1.807) is 18.9 Å². The van der Waals surface area contributed by atoms with E-state index in [1.165, 1.54) is 7.11 Å². The first-order valence-corrected chi connectivity index (χ1v) is 8.48. The summed E-state index contributed by atoms with van der Waals surface area (Å²) in [7, 11) is 3.09. The van der Waals surface area contributed by atoms with Crippen LogP contribution in [-0.4, -0.2) is 35.9 Å². The molecular formula is C18H21BrN2O3. The Hall–Kier alpha value is -2.08. The van der Waals surface area contributed by atoms with E-state index in [9.17, 15) is 9.59 Å². The summed E-state index contributed by atoms with van der Waals surface area (Å²) in [5.41, 5.74) is 3.28. The first-order chi connectivity index (χ1) is 11.4. The number of aromatic amines is 1. The first kappa shape index (κ1) is 18.3. The number of aryl methyl sites for hydroxylation is 1. The van der Waals surface area contributed by atoms with Crippen LogP contribution in [0.2, 0.25) is 0 Å². The lowest BCUT2D eigenvalue weighted by Gasteiger charge is -2.17. The maximum atomic E-state index is 12.8. The molecule has 2 rings (SSSR count). The molecule has 128 valence electrons. The first-order valence-electron chi connectivity index (χ1n) is 7.68. The van der Waals surface area contributed by atoms with Crippen LogP contribution in [0, 0.1) is 6.92 Å². The molecule has 0 atom stereocenters. The van der Waals surface area contributed by atoms with Gasteiger partial charge in [0.1, 0.15) is 5.69 Å². The van der Waals surface area contributed by atoms with Gasteiger partial charge in [0.05, 0.1) is 12.7 Å². The van der Waals surface area contributed by atoms with E-state index >= 15 is 0 Å². The van der Waals surface area contributed by atoms with Gasteiger partial charge >= 0.3 is 5.97 Å². The van der Waals surface area contributed by atoms with Gasteiger partial charge in [0, 0.05) is 23.8 Å². The number of nitrogens with zero attached hydrogens (tertiary/aromatic N) is 1. The molecule has 0 saturated heterocycles. The van der Waals surface area contributed by atoms with Crippen LogP contribution in [0.4, 0.5) is 0 Å². The van der Waals surface area contributed by atoms with Crippen molar-refractivity contribution in [2.45, 2.75) is 26.8 Å². The molecule has 1 aromatic carbocycles. The SMILES string of the molecule is CCc1[nH]c(C(=O)N(C)Cc2ccc(Br)cc2)c(C)c1C(=O)OC. The maximum Gasteiger partial charge on any atom is 0.339 e. The number of halogens is 1. The topological polar surface area (TPSA) is 62.4 Å². The average Bonchev–Trinajstić information content (AvgIpc) is 2.92. The lowest BCUT2D eigenvalue weighted by Crippen LogP contribution is -2.27. The number of nitrogens with one attached hydrogen (secondary N) is 1. The average molecular weight is 393 g/mol. The molecule has 1 heterocycles. The third-order valence-corrected chi connectivity index (χ3v) is 4.49. The second kappa shape index (κ2) is 7.66. The second-order valence-electron chi connectivity index (χ2n) is 5.61. The van der Waals surface area contributed by atoms with Crippen molar-refractivity contribution in [2.75, 3.05) is 14.2 Å². The molecule has 6 heteroatoms. The van der Waals surface area contributed by atoms with Crippen molar-refractivity contribution in [2.24, 2.45) is 0 Å². The Bertz CT molecular complexity index is 750. The van der Waals surface area contributed by atoms with Gasteiger partial charge in [-0.05, 0) is 36.6 Å². The quantitative estimate of drug-likeness (QED) is 0.788. The van der Waals surface area contributed by atoms with Crippen LogP contribution in [0.1, 0.15) is 44.6 Å². The molecule has 0 spiro atoms. The zero-order valence-corrected chi connectivity index (χ0v) is 15.9. The van der Waals surface area contributed by atoms with Gasteiger partial charge in [-0.2, -0.15) is 0 Å². The number of esters is 1. The Morgan fingerprint density at radius 2 is 1.88 bits per heavy atom. The normalized spacial score (nSPS) is 10.5. The lowest BCUT2D eigenvalue weighted by atomic mass is 10.1. The number of H-pyrrole nitrogens is 1. The number of benzene rings is 1. The van der Waals surface area contributed by atoms with Crippen molar-refractivity contribution in [3.05, 3.63) is 56.8 Å². The number of aromatic nitrogens is 1. The van der Waals surface area contributed by atoms with Crippen molar-refractivity contribution in [3.8, 4) is 0 Å². The van der Waals surface area contributed by atoms with Gasteiger partial charge in [0.25, 0.3) is 5.91 Å². The van der Waals surface area contributed by atoms with Gasteiger partial charge in [-0.1, -0.05) is 35.0 Å². The monoisotopic (exact) mass is 392 g/mol. The van der Waals surface area contributed by atoms with Crippen molar-refractivity contribution in [3.63, 3.8) is 0 Å². The van der Waals surface area contributed by atoms with Crippen LogP contribution in [0.25, 0.3) is 0 Å². The van der Waals surface area contributed by atoms with Gasteiger partial charge < -0.3 is 14.6 Å². The molecule has 0 fully saturated rings. The van der Waals surface area contributed by atoms with Crippen LogP contribution in [0.5, 0.6) is 0 Å². The molecule has 2 aromatic rings. The number of amides is 1. The van der Waals surface area contributed by atoms with E-state index in [2.05, 4.69) is 20.9 Å². The highest BCUT2D eigenvalue weighted by molar-refractivity contribution is 9.10. The summed E-state index contributed by atoms with van der Waals surface area (Å²) in [5, 5.41) is 0. The van der Waals surface area contributed by atoms with E-state index < -0.39 is 5.97 Å². The standard InChI is InChI=1S/C18H21BrN2O3/c1-5-14-15(18(23)24-4)11(2)16(20-14)17(22)21(3)10-12-6-8-13(19)9-7-12/h6-9,20H,5,10H2,1-4H3. The van der Waals surface area contributed by atoms with Crippen LogP contribution in [0.3, 0.4) is 0 Å². The second-order valence-corrected chi connectivity index (χ2v) is 6.53. The predicted molar refractivity (Wildman–Crippen MR) is 96.2 cm³/mol. The third kappa shape index (κ3) is 3.70. The number of hydrogen-bond donors (Lipinski definition) is 1. The Labute approximate surface area is 150 Å². The summed E-state index contributed by atoms with van der Waals surface area (Å²) in [6.45, 7) is 4.18. The fourth-order valence-electron chi connectivity index (χ4n) is 2.64. The Morgan fingerprint density at radius 3 is 2.42 bits per heavy atom. The molecule has 1 aromatic heterocycles. The molecule has 0 aliphatic rings. The highest BCUT2D eigenvalue weighted by Gasteiger charge is 2.25. The molecular weight excluding hydrogens is 372 g/mol. The van der Waals surface area contributed by atoms with Crippen molar-refractivity contribution < 1.29 is 14.3 Å². The van der Waals surface area contributed by atoms with Crippen molar-refractivity contribution >= 4 is 27.8 Å². The minimum absolute atomic E-state index is 0.153. The molecule has 0 radical (unpaired) electrons. The molecule has 0 aliphatic heterocycles. The zero-order valence-electron chi connectivity index (χ0n) is 14.3. The summed E-state index contributed by atoms with van der Waals surface area (Å²) in [6, 6.07) is 7.82. The van der Waals surface area contributed by atoms with Gasteiger partial charge in [0.2, 0.25) is 0 Å². The minimum atomic E-state index is -0.421. The number of carbonyl (C=O) groups is 2. The summed E-state index contributed by atoms with van der Waals surface area (Å²) >= 11 is 3.40. The van der Waals surface area contributed by atoms with E-state index in [1.807, 2.05) is 31.2 Å². The number of carbonyl (C=O) groups excluding carboxylic acids is 2. The van der Waals surface area contributed by atoms with Crippen LogP contribution in [0.15, 0.2) is 28.7 Å². The minimum Gasteiger partial charge on any atom is -0.465 e. The highest BCUT2D eigenvalue weighted by Crippen LogP contribution is 2.22. The van der Waals surface area contributed by atoms with Gasteiger partial charge in [-0.15, -0.1) is 0 Å². The number of rotatable bonds is 5.